The molecule has 0 aliphatic rings. The molecular formula is C13H7BrN4. The predicted octanol–water partition coefficient (Wildman–Crippen LogP) is 3.26. The topological polar surface area (TPSA) is 65.4 Å². The number of nitrogens with one attached hydrogen (secondary N) is 1. The van der Waals surface area contributed by atoms with Gasteiger partial charge in [-0.15, -0.1) is 0 Å². The average molecular weight is 299 g/mol. The largest absolute Gasteiger partial charge is 0.337 e. The molecule has 1 N–H and O–H groups in total. The molecule has 0 bridgehead atoms. The highest BCUT2D eigenvalue weighted by Gasteiger charge is 2.11. The third-order valence-corrected chi connectivity index (χ3v) is 3.26. The van der Waals surface area contributed by atoms with Crippen molar-refractivity contribution in [1.82, 2.24) is 15.0 Å². The summed E-state index contributed by atoms with van der Waals surface area (Å²) in [5, 5.41) is 9.04. The van der Waals surface area contributed by atoms with Gasteiger partial charge in [-0.05, 0) is 40.2 Å². The number of benzene rings is 1. The Morgan fingerprint density at radius 2 is 2.11 bits per heavy atom. The lowest BCUT2D eigenvalue weighted by molar-refractivity contribution is 1.22. The lowest BCUT2D eigenvalue weighted by atomic mass is 10.2. The molecule has 2 heterocycles. The lowest BCUT2D eigenvalue weighted by Crippen LogP contribution is -1.86. The van der Waals surface area contributed by atoms with Crippen LogP contribution in [0.3, 0.4) is 0 Å². The third-order valence-electron chi connectivity index (χ3n) is 2.62. The zero-order valence-electron chi connectivity index (χ0n) is 9.18. The molecule has 0 fully saturated rings. The summed E-state index contributed by atoms with van der Waals surface area (Å²) in [6.07, 6.45) is 1.71. The smallest absolute Gasteiger partial charge is 0.158 e. The minimum atomic E-state index is 0.557. The van der Waals surface area contributed by atoms with Crippen molar-refractivity contribution >= 4 is 27.0 Å². The van der Waals surface area contributed by atoms with E-state index in [0.717, 1.165) is 15.7 Å². The van der Waals surface area contributed by atoms with E-state index in [1.54, 1.807) is 12.3 Å². The summed E-state index contributed by atoms with van der Waals surface area (Å²) in [6, 6.07) is 11.4. The molecule has 0 unspecified atom stereocenters. The van der Waals surface area contributed by atoms with Crippen molar-refractivity contribution in [2.24, 2.45) is 0 Å². The number of para-hydroxylation sites is 1. The van der Waals surface area contributed by atoms with Gasteiger partial charge in [0.25, 0.3) is 0 Å². The molecule has 0 aliphatic heterocycles. The van der Waals surface area contributed by atoms with Gasteiger partial charge in [0.2, 0.25) is 0 Å². The van der Waals surface area contributed by atoms with E-state index in [0.29, 0.717) is 16.9 Å². The number of fused-ring (bicyclic) bond motifs is 1. The fourth-order valence-electron chi connectivity index (χ4n) is 1.79. The first-order valence-electron chi connectivity index (χ1n) is 5.29. The molecule has 0 aliphatic carbocycles. The van der Waals surface area contributed by atoms with E-state index in [2.05, 4.69) is 37.0 Å². The van der Waals surface area contributed by atoms with Crippen molar-refractivity contribution in [3.8, 4) is 17.6 Å². The molecule has 86 valence electrons. The third kappa shape index (κ3) is 1.67. The number of aromatic amines is 1. The Hall–Kier alpha value is -2.19. The summed E-state index contributed by atoms with van der Waals surface area (Å²) in [5.41, 5.74) is 2.80. The van der Waals surface area contributed by atoms with Crippen molar-refractivity contribution in [2.45, 2.75) is 0 Å². The number of imidazole rings is 1. The number of pyridine rings is 1. The van der Waals surface area contributed by atoms with Gasteiger partial charge in [-0.2, -0.15) is 5.26 Å². The van der Waals surface area contributed by atoms with Crippen molar-refractivity contribution in [2.75, 3.05) is 0 Å². The van der Waals surface area contributed by atoms with Gasteiger partial charge in [0, 0.05) is 10.7 Å². The van der Waals surface area contributed by atoms with Crippen molar-refractivity contribution in [1.29, 1.82) is 5.26 Å². The number of H-pyrrole nitrogens is 1. The zero-order valence-corrected chi connectivity index (χ0v) is 10.8. The SMILES string of the molecule is N#Cc1cccc2[nH]c(-c3ncccc3Br)nc12. The molecular weight excluding hydrogens is 292 g/mol. The Labute approximate surface area is 111 Å². The Morgan fingerprint density at radius 1 is 1.22 bits per heavy atom. The molecule has 3 aromatic rings. The summed E-state index contributed by atoms with van der Waals surface area (Å²) >= 11 is 3.44. The molecule has 0 amide bonds. The van der Waals surface area contributed by atoms with Gasteiger partial charge < -0.3 is 4.98 Å². The highest BCUT2D eigenvalue weighted by Crippen LogP contribution is 2.26. The van der Waals surface area contributed by atoms with Gasteiger partial charge in [-0.1, -0.05) is 6.07 Å². The highest BCUT2D eigenvalue weighted by atomic mass is 79.9. The zero-order chi connectivity index (χ0) is 12.5. The first-order chi connectivity index (χ1) is 8.79. The number of nitriles is 1. The molecule has 2 aromatic heterocycles. The summed E-state index contributed by atoms with van der Waals surface area (Å²) in [7, 11) is 0. The second-order valence-electron chi connectivity index (χ2n) is 3.73. The number of aromatic nitrogens is 3. The average Bonchev–Trinajstić information content (AvgIpc) is 2.82. The number of hydrogen-bond acceptors (Lipinski definition) is 3. The van der Waals surface area contributed by atoms with Crippen molar-refractivity contribution in [3.63, 3.8) is 0 Å². The quantitative estimate of drug-likeness (QED) is 0.750. The molecule has 0 saturated carbocycles. The minimum absolute atomic E-state index is 0.557. The van der Waals surface area contributed by atoms with Crippen LogP contribution in [0.25, 0.3) is 22.6 Å². The summed E-state index contributed by atoms with van der Waals surface area (Å²) in [5.74, 6) is 0.653. The normalized spacial score (nSPS) is 10.4. The van der Waals surface area contributed by atoms with Crippen LogP contribution in [0.5, 0.6) is 0 Å². The minimum Gasteiger partial charge on any atom is -0.337 e. The van der Waals surface area contributed by atoms with Crippen LogP contribution in [0.4, 0.5) is 0 Å². The van der Waals surface area contributed by atoms with E-state index >= 15 is 0 Å². The van der Waals surface area contributed by atoms with Crippen LogP contribution in [0, 0.1) is 11.3 Å². The van der Waals surface area contributed by atoms with E-state index in [1.807, 2.05) is 24.3 Å². The van der Waals surface area contributed by atoms with Crippen LogP contribution in [-0.2, 0) is 0 Å². The fourth-order valence-corrected chi connectivity index (χ4v) is 2.24. The number of halogens is 1. The Bertz CT molecular complexity index is 770. The monoisotopic (exact) mass is 298 g/mol. The van der Waals surface area contributed by atoms with Crippen LogP contribution < -0.4 is 0 Å². The molecule has 0 spiro atoms. The fraction of sp³-hybridized carbons (Fsp3) is 0. The van der Waals surface area contributed by atoms with Crippen molar-refractivity contribution < 1.29 is 0 Å². The molecule has 5 heteroatoms. The van der Waals surface area contributed by atoms with E-state index in [-0.39, 0.29) is 0 Å². The first kappa shape index (κ1) is 10.9. The maximum absolute atomic E-state index is 9.04. The first-order valence-corrected chi connectivity index (χ1v) is 6.08. The summed E-state index contributed by atoms with van der Waals surface area (Å²) in [4.78, 5) is 11.9. The van der Waals surface area contributed by atoms with E-state index < -0.39 is 0 Å². The maximum atomic E-state index is 9.04. The Morgan fingerprint density at radius 3 is 2.89 bits per heavy atom. The second kappa shape index (κ2) is 4.24. The van der Waals surface area contributed by atoms with Gasteiger partial charge in [0.15, 0.2) is 5.82 Å². The molecule has 0 saturated heterocycles. The molecule has 0 atom stereocenters. The van der Waals surface area contributed by atoms with E-state index in [1.165, 1.54) is 0 Å². The van der Waals surface area contributed by atoms with E-state index in [4.69, 9.17) is 5.26 Å². The van der Waals surface area contributed by atoms with Gasteiger partial charge >= 0.3 is 0 Å². The van der Waals surface area contributed by atoms with Crippen LogP contribution in [0.15, 0.2) is 41.0 Å². The Kier molecular flexibility index (Phi) is 2.58. The molecule has 4 nitrogen and oxygen atoms in total. The van der Waals surface area contributed by atoms with Crippen molar-refractivity contribution in [3.05, 3.63) is 46.6 Å². The highest BCUT2D eigenvalue weighted by molar-refractivity contribution is 9.10. The van der Waals surface area contributed by atoms with Crippen LogP contribution in [0.2, 0.25) is 0 Å². The molecule has 3 rings (SSSR count). The predicted molar refractivity (Wildman–Crippen MR) is 71.7 cm³/mol. The van der Waals surface area contributed by atoms with Gasteiger partial charge in [0.05, 0.1) is 11.1 Å². The summed E-state index contributed by atoms with van der Waals surface area (Å²) < 4.78 is 0.863. The maximum Gasteiger partial charge on any atom is 0.158 e. The Balaban J connectivity index is 2.27. The van der Waals surface area contributed by atoms with Crippen LogP contribution >= 0.6 is 15.9 Å². The van der Waals surface area contributed by atoms with Gasteiger partial charge in [-0.3, -0.25) is 4.98 Å². The van der Waals surface area contributed by atoms with Gasteiger partial charge in [0.1, 0.15) is 17.3 Å². The number of rotatable bonds is 1. The molecule has 18 heavy (non-hydrogen) atoms. The molecule has 1 aromatic carbocycles. The number of hydrogen-bond donors (Lipinski definition) is 1. The lowest BCUT2D eigenvalue weighted by Gasteiger charge is -1.97. The standard InChI is InChI=1S/C13H7BrN4/c14-9-4-2-6-16-12(9)13-17-10-5-1-3-8(7-15)11(10)18-13/h1-6H,(H,17,18). The second-order valence-corrected chi connectivity index (χ2v) is 4.59. The number of nitrogens with zero attached hydrogens (tertiary/aromatic N) is 3. The van der Waals surface area contributed by atoms with Gasteiger partial charge in [-0.25, -0.2) is 4.98 Å². The van der Waals surface area contributed by atoms with E-state index in [9.17, 15) is 0 Å². The summed E-state index contributed by atoms with van der Waals surface area (Å²) in [6.45, 7) is 0. The molecule has 0 radical (unpaired) electrons. The van der Waals surface area contributed by atoms with Crippen LogP contribution in [-0.4, -0.2) is 15.0 Å². The van der Waals surface area contributed by atoms with Crippen LogP contribution in [0.1, 0.15) is 5.56 Å².